The Morgan fingerprint density at radius 3 is 2.11 bits per heavy atom. The van der Waals surface area contributed by atoms with Crippen LogP contribution in [0.2, 0.25) is 0 Å². The third-order valence-corrected chi connectivity index (χ3v) is 1.58. The summed E-state index contributed by atoms with van der Waals surface area (Å²) >= 11 is 0.824. The Hall–Kier alpha value is -0.510. The Labute approximate surface area is 57.4 Å². The summed E-state index contributed by atoms with van der Waals surface area (Å²) in [6.07, 6.45) is 0. The number of hydrogen-bond donors (Lipinski definition) is 1. The van der Waals surface area contributed by atoms with E-state index in [0.717, 1.165) is 11.8 Å². The highest BCUT2D eigenvalue weighted by Gasteiger charge is 2.12. The average Bonchev–Trinajstić information content (AvgIpc) is 1.63. The zero-order valence-corrected chi connectivity index (χ0v) is 6.07. The lowest BCUT2D eigenvalue weighted by molar-refractivity contribution is -0.136. The normalized spacial score (nSPS) is 12.7. The number of carbonyl (C=O) groups excluding carboxylic acids is 1. The van der Waals surface area contributed by atoms with Gasteiger partial charge in [-0.15, -0.1) is 0 Å². The highest BCUT2D eigenvalue weighted by molar-refractivity contribution is 8.14. The van der Waals surface area contributed by atoms with Crippen LogP contribution in [0, 0.1) is 0 Å². The van der Waals surface area contributed by atoms with Gasteiger partial charge in [-0.3, -0.25) is 9.59 Å². The van der Waals surface area contributed by atoms with Crippen LogP contribution < -0.4 is 0 Å². The third kappa shape index (κ3) is 4.02. The van der Waals surface area contributed by atoms with Gasteiger partial charge in [0.15, 0.2) is 5.12 Å². The Kier molecular flexibility index (Phi) is 3.30. The van der Waals surface area contributed by atoms with E-state index in [9.17, 15) is 9.59 Å². The third-order valence-electron chi connectivity index (χ3n) is 0.691. The zero-order valence-electron chi connectivity index (χ0n) is 5.25. The van der Waals surface area contributed by atoms with Crippen LogP contribution in [0.4, 0.5) is 0 Å². The van der Waals surface area contributed by atoms with Crippen LogP contribution in [0.5, 0.6) is 0 Å². The fraction of sp³-hybridized carbons (Fsp3) is 0.600. The number of carbonyl (C=O) groups is 2. The molecule has 0 fully saturated rings. The molecule has 0 radical (unpaired) electrons. The standard InChI is InChI=1S/C5H8O3S/c1-3(5(7)8)9-4(2)6/h3H,1-2H3,(H,7,8)/t3-/m0/s1. The number of thioether (sulfide) groups is 1. The predicted octanol–water partition coefficient (Wildman–Crippen LogP) is 0.739. The van der Waals surface area contributed by atoms with Crippen LogP contribution in [0.25, 0.3) is 0 Å². The molecule has 1 atom stereocenters. The number of aliphatic carboxylic acids is 1. The van der Waals surface area contributed by atoms with Gasteiger partial charge in [0.1, 0.15) is 5.25 Å². The number of hydrogen-bond acceptors (Lipinski definition) is 3. The first-order chi connectivity index (χ1) is 4.04. The van der Waals surface area contributed by atoms with Crippen molar-refractivity contribution >= 4 is 22.8 Å². The first-order valence-corrected chi connectivity index (χ1v) is 3.32. The predicted molar refractivity (Wildman–Crippen MR) is 35.4 cm³/mol. The summed E-state index contributed by atoms with van der Waals surface area (Å²) in [6, 6.07) is 0. The zero-order chi connectivity index (χ0) is 7.44. The molecule has 0 aliphatic heterocycles. The van der Waals surface area contributed by atoms with Gasteiger partial charge in [-0.2, -0.15) is 0 Å². The molecule has 0 aromatic heterocycles. The highest BCUT2D eigenvalue weighted by atomic mass is 32.2. The number of carboxylic acids is 1. The fourth-order valence-electron chi connectivity index (χ4n) is 0.299. The van der Waals surface area contributed by atoms with Gasteiger partial charge < -0.3 is 5.11 Å². The molecule has 0 aromatic carbocycles. The maximum atomic E-state index is 10.3. The van der Waals surface area contributed by atoms with Crippen LogP contribution in [0.15, 0.2) is 0 Å². The van der Waals surface area contributed by atoms with Gasteiger partial charge in [-0.25, -0.2) is 0 Å². The van der Waals surface area contributed by atoms with Gasteiger partial charge in [-0.05, 0) is 6.92 Å². The van der Waals surface area contributed by atoms with Crippen molar-refractivity contribution < 1.29 is 14.7 Å². The Balaban J connectivity index is 3.63. The summed E-state index contributed by atoms with van der Waals surface area (Å²) in [5, 5.41) is 7.47. The molecule has 0 saturated carbocycles. The van der Waals surface area contributed by atoms with E-state index in [2.05, 4.69) is 0 Å². The first kappa shape index (κ1) is 8.49. The summed E-state index contributed by atoms with van der Waals surface area (Å²) in [6.45, 7) is 2.83. The Morgan fingerprint density at radius 2 is 2.00 bits per heavy atom. The minimum atomic E-state index is -0.949. The quantitative estimate of drug-likeness (QED) is 0.627. The van der Waals surface area contributed by atoms with Crippen LogP contribution >= 0.6 is 11.8 Å². The molecule has 0 rings (SSSR count). The highest BCUT2D eigenvalue weighted by Crippen LogP contribution is 2.09. The number of rotatable bonds is 2. The van der Waals surface area contributed by atoms with Crippen molar-refractivity contribution in [1.29, 1.82) is 0 Å². The van der Waals surface area contributed by atoms with Gasteiger partial charge in [0.2, 0.25) is 0 Å². The van der Waals surface area contributed by atoms with E-state index >= 15 is 0 Å². The topological polar surface area (TPSA) is 54.4 Å². The maximum Gasteiger partial charge on any atom is 0.316 e. The van der Waals surface area contributed by atoms with Crippen molar-refractivity contribution in [2.45, 2.75) is 19.1 Å². The summed E-state index contributed by atoms with van der Waals surface area (Å²) < 4.78 is 0. The molecule has 52 valence electrons. The fourth-order valence-corrected chi connectivity index (χ4v) is 0.898. The molecule has 0 amide bonds. The van der Waals surface area contributed by atoms with Crippen molar-refractivity contribution in [2.75, 3.05) is 0 Å². The van der Waals surface area contributed by atoms with E-state index in [1.807, 2.05) is 0 Å². The molecule has 0 aromatic rings. The van der Waals surface area contributed by atoms with E-state index in [0.29, 0.717) is 0 Å². The molecule has 0 spiro atoms. The van der Waals surface area contributed by atoms with E-state index in [1.54, 1.807) is 0 Å². The van der Waals surface area contributed by atoms with Gasteiger partial charge in [0.25, 0.3) is 0 Å². The second kappa shape index (κ2) is 3.50. The second-order valence-electron chi connectivity index (χ2n) is 1.59. The van der Waals surface area contributed by atoms with E-state index in [1.165, 1.54) is 13.8 Å². The summed E-state index contributed by atoms with van der Waals surface area (Å²) in [5.41, 5.74) is 0. The lowest BCUT2D eigenvalue weighted by atomic mass is 10.5. The van der Waals surface area contributed by atoms with Crippen molar-refractivity contribution in [1.82, 2.24) is 0 Å². The van der Waals surface area contributed by atoms with E-state index in [-0.39, 0.29) is 5.12 Å². The summed E-state index contributed by atoms with van der Waals surface area (Å²) in [4.78, 5) is 20.3. The molecule has 0 aliphatic rings. The van der Waals surface area contributed by atoms with Crippen molar-refractivity contribution in [2.24, 2.45) is 0 Å². The van der Waals surface area contributed by atoms with Crippen LogP contribution in [0.3, 0.4) is 0 Å². The second-order valence-corrected chi connectivity index (χ2v) is 3.11. The van der Waals surface area contributed by atoms with E-state index < -0.39 is 11.2 Å². The minimum absolute atomic E-state index is 0.162. The van der Waals surface area contributed by atoms with Crippen molar-refractivity contribution in [3.05, 3.63) is 0 Å². The average molecular weight is 148 g/mol. The monoisotopic (exact) mass is 148 g/mol. The van der Waals surface area contributed by atoms with Gasteiger partial charge in [-0.1, -0.05) is 11.8 Å². The number of carboxylic acid groups (broad SMARTS) is 1. The molecule has 4 heteroatoms. The van der Waals surface area contributed by atoms with E-state index in [4.69, 9.17) is 5.11 Å². The van der Waals surface area contributed by atoms with Gasteiger partial charge in [0.05, 0.1) is 0 Å². The smallest absolute Gasteiger partial charge is 0.316 e. The Bertz CT molecular complexity index is 132. The molecule has 9 heavy (non-hydrogen) atoms. The molecular formula is C5H8O3S. The molecule has 0 saturated heterocycles. The van der Waals surface area contributed by atoms with Crippen LogP contribution in [0.1, 0.15) is 13.8 Å². The first-order valence-electron chi connectivity index (χ1n) is 2.44. The molecule has 0 aliphatic carbocycles. The Morgan fingerprint density at radius 1 is 1.56 bits per heavy atom. The maximum absolute atomic E-state index is 10.3. The molecule has 0 bridgehead atoms. The molecular weight excluding hydrogens is 140 g/mol. The van der Waals surface area contributed by atoms with Crippen molar-refractivity contribution in [3.63, 3.8) is 0 Å². The largest absolute Gasteiger partial charge is 0.480 e. The van der Waals surface area contributed by atoms with Gasteiger partial charge >= 0.3 is 5.97 Å². The molecule has 0 heterocycles. The van der Waals surface area contributed by atoms with Gasteiger partial charge in [0, 0.05) is 6.92 Å². The molecule has 1 N–H and O–H groups in total. The summed E-state index contributed by atoms with van der Waals surface area (Å²) in [5.74, 6) is -0.949. The van der Waals surface area contributed by atoms with Crippen molar-refractivity contribution in [3.8, 4) is 0 Å². The van der Waals surface area contributed by atoms with Crippen LogP contribution in [-0.2, 0) is 9.59 Å². The summed E-state index contributed by atoms with van der Waals surface area (Å²) in [7, 11) is 0. The molecule has 0 unspecified atom stereocenters. The lowest BCUT2D eigenvalue weighted by Gasteiger charge is -1.99. The SMILES string of the molecule is CC(=O)S[C@@H](C)C(=O)O. The lowest BCUT2D eigenvalue weighted by Crippen LogP contribution is -2.12. The minimum Gasteiger partial charge on any atom is -0.480 e. The molecule has 3 nitrogen and oxygen atoms in total. The van der Waals surface area contributed by atoms with Crippen LogP contribution in [-0.4, -0.2) is 21.4 Å².